The average molecular weight is 253 g/mol. The quantitative estimate of drug-likeness (QED) is 0.184. The number of rotatable bonds is 4. The zero-order valence-corrected chi connectivity index (χ0v) is 10.7. The second-order valence-corrected chi connectivity index (χ2v) is 3.16. The van der Waals surface area contributed by atoms with Gasteiger partial charge in [-0.15, -0.1) is 0 Å². The van der Waals surface area contributed by atoms with Crippen LogP contribution < -0.4 is 15.9 Å². The smallest absolute Gasteiger partial charge is 0.225 e. The van der Waals surface area contributed by atoms with E-state index < -0.39 is 0 Å². The van der Waals surface area contributed by atoms with Crippen molar-refractivity contribution in [3.05, 3.63) is 30.3 Å². The zero-order chi connectivity index (χ0) is 12.9. The second-order valence-electron chi connectivity index (χ2n) is 2.75. The molecule has 0 atom stereocenters. The molecule has 0 aliphatic carbocycles. The third-order valence-electron chi connectivity index (χ3n) is 1.48. The normalized spacial score (nSPS) is 8.82. The molecule has 0 heterocycles. The van der Waals surface area contributed by atoms with E-state index in [1.165, 1.54) is 7.11 Å². The third kappa shape index (κ3) is 9.77. The summed E-state index contributed by atoms with van der Waals surface area (Å²) < 4.78 is 0. The molecule has 0 aliphatic rings. The summed E-state index contributed by atoms with van der Waals surface area (Å²) in [6, 6.07) is 9.58. The lowest BCUT2D eigenvalue weighted by Gasteiger charge is -2.05. The van der Waals surface area contributed by atoms with Crippen molar-refractivity contribution in [1.29, 1.82) is 0 Å². The van der Waals surface area contributed by atoms with Gasteiger partial charge in [-0.1, -0.05) is 18.2 Å². The zero-order valence-electron chi connectivity index (χ0n) is 9.90. The first-order chi connectivity index (χ1) is 8.24. The highest BCUT2D eigenvalue weighted by atomic mass is 32.1. The molecule has 17 heavy (non-hydrogen) atoms. The van der Waals surface area contributed by atoms with Crippen molar-refractivity contribution in [3.8, 4) is 0 Å². The van der Waals surface area contributed by atoms with Crippen LogP contribution in [0.2, 0.25) is 0 Å². The average Bonchev–Trinajstić information content (AvgIpc) is 2.38. The largest absolute Gasteiger partial charge is 0.415 e. The molecule has 1 aromatic rings. The standard InChI is InChI=1S/C7H7BN2S.C3H9NO2/c8-10-7(11)9-6-4-2-1-3-5-6;1-4-3-6-5-2/h1-5H,(H2,9,10,11);4H,3H2,1-2H3. The minimum atomic E-state index is 0.413. The predicted molar refractivity (Wildman–Crippen MR) is 73.6 cm³/mol. The molecule has 0 bridgehead atoms. The van der Waals surface area contributed by atoms with Gasteiger partial charge in [-0.2, -0.15) is 0 Å². The van der Waals surface area contributed by atoms with Gasteiger partial charge in [-0.3, -0.25) is 5.32 Å². The van der Waals surface area contributed by atoms with Crippen LogP contribution in [0, 0.1) is 0 Å². The number of benzene rings is 1. The number of para-hydroxylation sites is 1. The van der Waals surface area contributed by atoms with Gasteiger partial charge in [-0.05, 0) is 31.4 Å². The molecule has 0 saturated carbocycles. The molecule has 1 rings (SSSR count). The van der Waals surface area contributed by atoms with Gasteiger partial charge in [0.25, 0.3) is 0 Å². The van der Waals surface area contributed by atoms with Gasteiger partial charge in [0.1, 0.15) is 6.73 Å². The molecule has 0 unspecified atom stereocenters. The minimum absolute atomic E-state index is 0.413. The van der Waals surface area contributed by atoms with Crippen LogP contribution in [0.5, 0.6) is 0 Å². The monoisotopic (exact) mass is 253 g/mol. The van der Waals surface area contributed by atoms with Crippen LogP contribution in [0.25, 0.3) is 0 Å². The fourth-order valence-electron chi connectivity index (χ4n) is 0.807. The van der Waals surface area contributed by atoms with Gasteiger partial charge in [0.15, 0.2) is 5.11 Å². The Morgan fingerprint density at radius 2 is 2.00 bits per heavy atom. The van der Waals surface area contributed by atoms with Crippen LogP contribution in [0.15, 0.2) is 30.3 Å². The summed E-state index contributed by atoms with van der Waals surface area (Å²) in [5.41, 5.74) is 0.926. The Kier molecular flexibility index (Phi) is 10.6. The van der Waals surface area contributed by atoms with Gasteiger partial charge >= 0.3 is 0 Å². The van der Waals surface area contributed by atoms with Crippen molar-refractivity contribution < 1.29 is 9.78 Å². The van der Waals surface area contributed by atoms with Gasteiger partial charge in [0.05, 0.1) is 7.11 Å². The molecular weight excluding hydrogens is 237 g/mol. The van der Waals surface area contributed by atoms with E-state index in [9.17, 15) is 0 Å². The van der Waals surface area contributed by atoms with Crippen LogP contribution in [0.3, 0.4) is 0 Å². The summed E-state index contributed by atoms with van der Waals surface area (Å²) in [7, 11) is 8.31. The van der Waals surface area contributed by atoms with E-state index in [2.05, 4.69) is 25.6 Å². The maximum Gasteiger partial charge on any atom is 0.225 e. The Hall–Kier alpha value is -1.15. The highest BCUT2D eigenvalue weighted by Crippen LogP contribution is 2.03. The maximum atomic E-state index is 5.07. The minimum Gasteiger partial charge on any atom is -0.415 e. The Labute approximate surface area is 108 Å². The number of hydrogen-bond donors (Lipinski definition) is 3. The van der Waals surface area contributed by atoms with E-state index in [4.69, 9.17) is 20.2 Å². The summed E-state index contributed by atoms with van der Waals surface area (Å²) >= 11 is 4.79. The molecular formula is C10H16BN3O2S. The Bertz CT molecular complexity index is 297. The fraction of sp³-hybridized carbons (Fsp3) is 0.300. The Morgan fingerprint density at radius 3 is 2.41 bits per heavy atom. The van der Waals surface area contributed by atoms with E-state index in [1.54, 1.807) is 7.05 Å². The molecule has 3 N–H and O–H groups in total. The molecule has 5 nitrogen and oxygen atoms in total. The van der Waals surface area contributed by atoms with Crippen molar-refractivity contribution in [2.45, 2.75) is 0 Å². The lowest BCUT2D eigenvalue weighted by atomic mass is 10.3. The number of anilines is 1. The number of hydrogen-bond acceptors (Lipinski definition) is 4. The molecule has 1 aromatic carbocycles. The summed E-state index contributed by atoms with van der Waals surface area (Å²) in [5.74, 6) is 0. The lowest BCUT2D eigenvalue weighted by Crippen LogP contribution is -2.25. The van der Waals surface area contributed by atoms with Gasteiger partial charge < -0.3 is 10.5 Å². The van der Waals surface area contributed by atoms with Gasteiger partial charge in [0.2, 0.25) is 7.98 Å². The number of nitrogens with one attached hydrogen (secondary N) is 3. The first-order valence-electron chi connectivity index (χ1n) is 4.87. The van der Waals surface area contributed by atoms with E-state index in [-0.39, 0.29) is 0 Å². The molecule has 0 spiro atoms. The van der Waals surface area contributed by atoms with Crippen LogP contribution >= 0.6 is 12.2 Å². The molecule has 2 radical (unpaired) electrons. The molecule has 0 aliphatic heterocycles. The molecule has 0 fully saturated rings. The van der Waals surface area contributed by atoms with Crippen LogP contribution in [-0.4, -0.2) is 34.0 Å². The molecule has 92 valence electrons. The fourth-order valence-corrected chi connectivity index (χ4v) is 0.924. The SMILES string of the molecule is CNCOOC.[B]NC(=S)Nc1ccccc1. The first-order valence-corrected chi connectivity index (χ1v) is 5.28. The summed E-state index contributed by atoms with van der Waals surface area (Å²) in [6.07, 6.45) is 0. The topological polar surface area (TPSA) is 54.5 Å². The Balaban J connectivity index is 0.000000366. The first kappa shape index (κ1) is 15.9. The predicted octanol–water partition coefficient (Wildman–Crippen LogP) is 0.798. The van der Waals surface area contributed by atoms with Crippen LogP contribution in [-0.2, 0) is 9.78 Å². The number of thiocarbonyl (C=S) groups is 1. The van der Waals surface area contributed by atoms with Gasteiger partial charge in [-0.25, -0.2) is 9.78 Å². The summed E-state index contributed by atoms with van der Waals surface area (Å²) in [6.45, 7) is 0.441. The lowest BCUT2D eigenvalue weighted by molar-refractivity contribution is -0.275. The maximum absolute atomic E-state index is 5.07. The molecule has 0 amide bonds. The van der Waals surface area contributed by atoms with E-state index in [0.717, 1.165) is 5.69 Å². The molecule has 0 aromatic heterocycles. The highest BCUT2D eigenvalue weighted by molar-refractivity contribution is 7.80. The molecule has 0 saturated heterocycles. The Morgan fingerprint density at radius 1 is 1.35 bits per heavy atom. The summed E-state index contributed by atoms with van der Waals surface area (Å²) in [4.78, 5) is 8.59. The third-order valence-corrected chi connectivity index (χ3v) is 1.70. The highest BCUT2D eigenvalue weighted by Gasteiger charge is 1.90. The van der Waals surface area contributed by atoms with E-state index in [1.807, 2.05) is 30.3 Å². The van der Waals surface area contributed by atoms with Crippen LogP contribution in [0.1, 0.15) is 0 Å². The van der Waals surface area contributed by atoms with E-state index >= 15 is 0 Å². The van der Waals surface area contributed by atoms with Crippen molar-refractivity contribution in [1.82, 2.24) is 10.5 Å². The van der Waals surface area contributed by atoms with E-state index in [0.29, 0.717) is 11.8 Å². The molecule has 7 heteroatoms. The summed E-state index contributed by atoms with van der Waals surface area (Å²) in [5, 5.41) is 8.36. The van der Waals surface area contributed by atoms with Crippen molar-refractivity contribution in [2.24, 2.45) is 0 Å². The van der Waals surface area contributed by atoms with Crippen molar-refractivity contribution in [2.75, 3.05) is 26.2 Å². The van der Waals surface area contributed by atoms with Crippen LogP contribution in [0.4, 0.5) is 5.69 Å². The van der Waals surface area contributed by atoms with Gasteiger partial charge in [0, 0.05) is 5.69 Å². The van der Waals surface area contributed by atoms with Crippen molar-refractivity contribution in [3.63, 3.8) is 0 Å². The van der Waals surface area contributed by atoms with Crippen molar-refractivity contribution >= 4 is 31.0 Å². The second kappa shape index (κ2) is 11.3.